The molecular weight excluding hydrogens is 265 g/mol. The molecule has 0 saturated carbocycles. The third kappa shape index (κ3) is 3.98. The number of carbonyl (C=O) groups excluding carboxylic acids is 1. The van der Waals surface area contributed by atoms with Gasteiger partial charge in [-0.05, 0) is 37.0 Å². The lowest BCUT2D eigenvalue weighted by atomic mass is 10.3. The van der Waals surface area contributed by atoms with Gasteiger partial charge in [0.15, 0.2) is 0 Å². The van der Waals surface area contributed by atoms with E-state index in [1.165, 1.54) is 0 Å². The fourth-order valence-electron chi connectivity index (χ4n) is 1.13. The van der Waals surface area contributed by atoms with Crippen molar-refractivity contribution in [3.8, 4) is 0 Å². The Morgan fingerprint density at radius 1 is 1.35 bits per heavy atom. The van der Waals surface area contributed by atoms with E-state index >= 15 is 0 Å². The van der Waals surface area contributed by atoms with E-state index in [2.05, 4.69) is 20.3 Å². The predicted molar refractivity (Wildman–Crippen MR) is 66.2 cm³/mol. The Bertz CT molecular complexity index is 394. The second-order valence-corrected chi connectivity index (χ2v) is 4.09. The standard InChI is InChI=1S/C9H13Cl2N5O/c1-4-16(3)6(17)5(2)12-9-14-7(10)13-8(11)15-9/h5H,4H2,1-3H3,(H,12,13,14,15). The maximum atomic E-state index is 11.8. The van der Waals surface area contributed by atoms with Crippen molar-refractivity contribution in [2.45, 2.75) is 19.9 Å². The summed E-state index contributed by atoms with van der Waals surface area (Å²) in [6.45, 7) is 4.23. The number of carbonyl (C=O) groups is 1. The molecule has 1 heterocycles. The van der Waals surface area contributed by atoms with Crippen LogP contribution in [-0.4, -0.2) is 45.4 Å². The van der Waals surface area contributed by atoms with Crippen LogP contribution < -0.4 is 5.32 Å². The van der Waals surface area contributed by atoms with E-state index in [9.17, 15) is 4.79 Å². The zero-order valence-electron chi connectivity index (χ0n) is 9.74. The van der Waals surface area contributed by atoms with E-state index in [4.69, 9.17) is 23.2 Å². The molecule has 1 atom stereocenters. The van der Waals surface area contributed by atoms with Gasteiger partial charge in [-0.15, -0.1) is 0 Å². The van der Waals surface area contributed by atoms with Crippen LogP contribution in [0.1, 0.15) is 13.8 Å². The summed E-state index contributed by atoms with van der Waals surface area (Å²) in [5.41, 5.74) is 0. The van der Waals surface area contributed by atoms with Crippen molar-refractivity contribution < 1.29 is 4.79 Å². The Morgan fingerprint density at radius 2 is 1.88 bits per heavy atom. The van der Waals surface area contributed by atoms with Crippen molar-refractivity contribution in [2.75, 3.05) is 18.9 Å². The molecule has 0 fully saturated rings. The first-order chi connectivity index (χ1) is 7.93. The zero-order valence-corrected chi connectivity index (χ0v) is 11.2. The van der Waals surface area contributed by atoms with Gasteiger partial charge in [-0.25, -0.2) is 0 Å². The van der Waals surface area contributed by atoms with E-state index < -0.39 is 6.04 Å². The number of hydrogen-bond acceptors (Lipinski definition) is 5. The average molecular weight is 278 g/mol. The van der Waals surface area contributed by atoms with E-state index in [1.807, 2.05) is 6.92 Å². The number of amides is 1. The first kappa shape index (κ1) is 13.9. The molecule has 1 unspecified atom stereocenters. The lowest BCUT2D eigenvalue weighted by molar-refractivity contribution is -0.130. The van der Waals surface area contributed by atoms with E-state index in [-0.39, 0.29) is 22.4 Å². The molecule has 94 valence electrons. The van der Waals surface area contributed by atoms with Gasteiger partial charge in [-0.3, -0.25) is 4.79 Å². The van der Waals surface area contributed by atoms with Crippen LogP contribution in [0.15, 0.2) is 0 Å². The van der Waals surface area contributed by atoms with Gasteiger partial charge in [0.05, 0.1) is 0 Å². The lowest BCUT2D eigenvalue weighted by Crippen LogP contribution is -2.39. The molecule has 0 aliphatic rings. The maximum absolute atomic E-state index is 11.8. The van der Waals surface area contributed by atoms with Gasteiger partial charge in [-0.1, -0.05) is 0 Å². The molecule has 1 N–H and O–H groups in total. The van der Waals surface area contributed by atoms with Crippen molar-refractivity contribution >= 4 is 35.1 Å². The Labute approximate surface area is 109 Å². The SMILES string of the molecule is CCN(C)C(=O)C(C)Nc1nc(Cl)nc(Cl)n1. The van der Waals surface area contributed by atoms with Crippen LogP contribution in [0, 0.1) is 0 Å². The molecule has 0 radical (unpaired) electrons. The van der Waals surface area contributed by atoms with E-state index in [0.717, 1.165) is 0 Å². The molecule has 0 saturated heterocycles. The molecule has 0 aliphatic heterocycles. The highest BCUT2D eigenvalue weighted by molar-refractivity contribution is 6.31. The molecule has 1 aromatic rings. The molecule has 8 heteroatoms. The summed E-state index contributed by atoms with van der Waals surface area (Å²) in [6.07, 6.45) is 0. The van der Waals surface area contributed by atoms with Crippen LogP contribution >= 0.6 is 23.2 Å². The lowest BCUT2D eigenvalue weighted by Gasteiger charge is -2.20. The first-order valence-electron chi connectivity index (χ1n) is 5.02. The summed E-state index contributed by atoms with van der Waals surface area (Å²) in [5, 5.41) is 2.78. The van der Waals surface area contributed by atoms with Gasteiger partial charge >= 0.3 is 0 Å². The number of rotatable bonds is 4. The van der Waals surface area contributed by atoms with Crippen LogP contribution in [0.2, 0.25) is 10.6 Å². The molecule has 0 bridgehead atoms. The maximum Gasteiger partial charge on any atom is 0.244 e. The Hall–Kier alpha value is -1.14. The van der Waals surface area contributed by atoms with Gasteiger partial charge in [0.1, 0.15) is 6.04 Å². The highest BCUT2D eigenvalue weighted by atomic mass is 35.5. The van der Waals surface area contributed by atoms with Crippen LogP contribution in [0.25, 0.3) is 0 Å². The smallest absolute Gasteiger partial charge is 0.244 e. The van der Waals surface area contributed by atoms with Crippen LogP contribution in [0.3, 0.4) is 0 Å². The quantitative estimate of drug-likeness (QED) is 0.902. The van der Waals surface area contributed by atoms with Gasteiger partial charge in [0.25, 0.3) is 0 Å². The minimum absolute atomic E-state index is 0.0176. The van der Waals surface area contributed by atoms with Crippen LogP contribution in [-0.2, 0) is 4.79 Å². The third-order valence-electron chi connectivity index (χ3n) is 2.15. The van der Waals surface area contributed by atoms with Gasteiger partial charge < -0.3 is 10.2 Å². The minimum atomic E-state index is -0.463. The topological polar surface area (TPSA) is 71.0 Å². The molecule has 17 heavy (non-hydrogen) atoms. The Morgan fingerprint density at radius 3 is 2.35 bits per heavy atom. The molecule has 0 aliphatic carbocycles. The molecular formula is C9H13Cl2N5O. The fraction of sp³-hybridized carbons (Fsp3) is 0.556. The predicted octanol–water partition coefficient (Wildman–Crippen LogP) is 1.46. The molecule has 1 aromatic heterocycles. The minimum Gasteiger partial charge on any atom is -0.344 e. The van der Waals surface area contributed by atoms with E-state index in [0.29, 0.717) is 6.54 Å². The number of hydrogen-bond donors (Lipinski definition) is 1. The number of anilines is 1. The second-order valence-electron chi connectivity index (χ2n) is 3.42. The highest BCUT2D eigenvalue weighted by Crippen LogP contribution is 2.10. The number of nitrogens with zero attached hydrogens (tertiary/aromatic N) is 4. The summed E-state index contributed by atoms with van der Waals surface area (Å²) in [6, 6.07) is -0.463. The summed E-state index contributed by atoms with van der Waals surface area (Å²) >= 11 is 11.2. The first-order valence-corrected chi connectivity index (χ1v) is 5.78. The highest BCUT2D eigenvalue weighted by Gasteiger charge is 2.17. The van der Waals surface area contributed by atoms with Crippen LogP contribution in [0.4, 0.5) is 5.95 Å². The monoisotopic (exact) mass is 277 g/mol. The van der Waals surface area contributed by atoms with Crippen molar-refractivity contribution in [1.29, 1.82) is 0 Å². The summed E-state index contributed by atoms with van der Waals surface area (Å²) in [7, 11) is 1.72. The number of likely N-dealkylation sites (N-methyl/N-ethyl adjacent to an activating group) is 1. The van der Waals surface area contributed by atoms with Crippen molar-refractivity contribution in [1.82, 2.24) is 19.9 Å². The zero-order chi connectivity index (χ0) is 13.0. The summed E-state index contributed by atoms with van der Waals surface area (Å²) < 4.78 is 0. The summed E-state index contributed by atoms with van der Waals surface area (Å²) in [5.74, 6) is 0.112. The number of nitrogens with one attached hydrogen (secondary N) is 1. The van der Waals surface area contributed by atoms with Gasteiger partial charge in [0.2, 0.25) is 22.4 Å². The Kier molecular flexibility index (Phi) is 4.89. The largest absolute Gasteiger partial charge is 0.344 e. The molecule has 0 spiro atoms. The second kappa shape index (κ2) is 5.97. The molecule has 0 aromatic carbocycles. The summed E-state index contributed by atoms with van der Waals surface area (Å²) in [4.78, 5) is 24.6. The van der Waals surface area contributed by atoms with E-state index in [1.54, 1.807) is 18.9 Å². The molecule has 1 amide bonds. The van der Waals surface area contributed by atoms with Crippen molar-refractivity contribution in [2.24, 2.45) is 0 Å². The van der Waals surface area contributed by atoms with Gasteiger partial charge in [0, 0.05) is 13.6 Å². The number of halogens is 2. The Balaban J connectivity index is 2.74. The van der Waals surface area contributed by atoms with Gasteiger partial charge in [-0.2, -0.15) is 15.0 Å². The van der Waals surface area contributed by atoms with Crippen LogP contribution in [0.5, 0.6) is 0 Å². The average Bonchev–Trinajstić information content (AvgIpc) is 2.25. The number of aromatic nitrogens is 3. The third-order valence-corrected chi connectivity index (χ3v) is 2.49. The normalized spacial score (nSPS) is 12.1. The van der Waals surface area contributed by atoms with Crippen molar-refractivity contribution in [3.05, 3.63) is 10.6 Å². The molecule has 6 nitrogen and oxygen atoms in total. The van der Waals surface area contributed by atoms with Crippen molar-refractivity contribution in [3.63, 3.8) is 0 Å². The fourth-order valence-corrected chi connectivity index (χ4v) is 1.50. The molecule has 1 rings (SSSR count).